The summed E-state index contributed by atoms with van der Waals surface area (Å²) in [6, 6.07) is 11.4. The number of carbonyl (C=O) groups excluding carboxylic acids is 3. The lowest BCUT2D eigenvalue weighted by Gasteiger charge is -2.30. The number of hydrogen-bond donors (Lipinski definition) is 3. The van der Waals surface area contributed by atoms with E-state index in [1.165, 1.54) is 47.4 Å². The Hall–Kier alpha value is -4.01. The molecule has 0 spiro atoms. The Morgan fingerprint density at radius 3 is 2.22 bits per heavy atom. The number of amides is 2. The third-order valence-electron chi connectivity index (χ3n) is 5.45. The van der Waals surface area contributed by atoms with Crippen molar-refractivity contribution in [1.29, 1.82) is 0 Å². The molecule has 9 heteroatoms. The van der Waals surface area contributed by atoms with E-state index in [0.29, 0.717) is 30.5 Å². The van der Waals surface area contributed by atoms with Gasteiger partial charge in [0, 0.05) is 24.7 Å². The maximum Gasteiger partial charge on any atom is 0.410 e. The molecular weight excluding hydrogens is 464 g/mol. The van der Waals surface area contributed by atoms with Crippen LogP contribution >= 0.6 is 0 Å². The Morgan fingerprint density at radius 1 is 1.00 bits per heavy atom. The molecule has 2 amide bonds. The van der Waals surface area contributed by atoms with Crippen LogP contribution in [0.2, 0.25) is 0 Å². The molecule has 2 aromatic rings. The van der Waals surface area contributed by atoms with Crippen molar-refractivity contribution in [2.45, 2.75) is 51.4 Å². The van der Waals surface area contributed by atoms with E-state index in [9.17, 15) is 24.6 Å². The van der Waals surface area contributed by atoms with Gasteiger partial charge in [-0.15, -0.1) is 0 Å². The molecule has 0 unspecified atom stereocenters. The van der Waals surface area contributed by atoms with Crippen molar-refractivity contribution in [2.24, 2.45) is 0 Å². The predicted molar refractivity (Wildman–Crippen MR) is 133 cm³/mol. The molecule has 2 aromatic carbocycles. The number of aromatic hydroxyl groups is 2. The largest absolute Gasteiger partial charge is 0.508 e. The monoisotopic (exact) mass is 496 g/mol. The van der Waals surface area contributed by atoms with Crippen molar-refractivity contribution in [3.8, 4) is 11.5 Å². The molecule has 1 aliphatic rings. The van der Waals surface area contributed by atoms with Crippen LogP contribution in [0.15, 0.2) is 54.6 Å². The molecular formula is C27H32N2O7. The molecule has 1 aliphatic heterocycles. The standard InChI is InChI=1S/C27H32N2O7/c1-27(2,3)36-26(34)29-16-4-5-23(35-24(32)15-8-18-6-11-20(30)12-7-18)22(17-29)28-25(33)19-9-13-21(31)14-10-19/h6-15,22-23,30-31H,4-5,16-17H2,1-3H3,(H,28,33)/t22-,23-/m1/s1. The number of nitrogens with zero attached hydrogens (tertiary/aromatic N) is 1. The maximum absolute atomic E-state index is 12.9. The Morgan fingerprint density at radius 2 is 1.61 bits per heavy atom. The molecule has 1 saturated heterocycles. The second-order valence-electron chi connectivity index (χ2n) is 9.60. The number of esters is 1. The number of benzene rings is 2. The number of phenols is 2. The van der Waals surface area contributed by atoms with E-state index in [1.54, 1.807) is 39.0 Å². The summed E-state index contributed by atoms with van der Waals surface area (Å²) < 4.78 is 11.2. The summed E-state index contributed by atoms with van der Waals surface area (Å²) in [5.41, 5.74) is 0.344. The smallest absolute Gasteiger partial charge is 0.410 e. The van der Waals surface area contributed by atoms with Gasteiger partial charge in [0.15, 0.2) is 0 Å². The normalized spacial score (nSPS) is 18.4. The molecule has 36 heavy (non-hydrogen) atoms. The number of carbonyl (C=O) groups is 3. The fourth-order valence-corrected chi connectivity index (χ4v) is 3.71. The Kier molecular flexibility index (Phi) is 8.58. The van der Waals surface area contributed by atoms with Crippen molar-refractivity contribution in [3.05, 3.63) is 65.7 Å². The van der Waals surface area contributed by atoms with Crippen molar-refractivity contribution >= 4 is 24.0 Å². The average Bonchev–Trinajstić information content (AvgIpc) is 3.00. The van der Waals surface area contributed by atoms with Crippen molar-refractivity contribution < 1.29 is 34.1 Å². The third-order valence-corrected chi connectivity index (χ3v) is 5.45. The zero-order valence-corrected chi connectivity index (χ0v) is 20.6. The van der Waals surface area contributed by atoms with Crippen LogP contribution in [-0.2, 0) is 14.3 Å². The van der Waals surface area contributed by atoms with Gasteiger partial charge in [0.1, 0.15) is 23.2 Å². The summed E-state index contributed by atoms with van der Waals surface area (Å²) in [5, 5.41) is 21.8. The van der Waals surface area contributed by atoms with E-state index in [2.05, 4.69) is 5.32 Å². The molecule has 1 fully saturated rings. The lowest BCUT2D eigenvalue weighted by molar-refractivity contribution is -0.144. The van der Waals surface area contributed by atoms with Gasteiger partial charge in [-0.25, -0.2) is 9.59 Å². The molecule has 9 nitrogen and oxygen atoms in total. The molecule has 3 rings (SSSR count). The van der Waals surface area contributed by atoms with Gasteiger partial charge in [-0.3, -0.25) is 4.79 Å². The molecule has 2 atom stereocenters. The van der Waals surface area contributed by atoms with Gasteiger partial charge in [0.2, 0.25) is 0 Å². The zero-order chi connectivity index (χ0) is 26.3. The zero-order valence-electron chi connectivity index (χ0n) is 20.6. The molecule has 0 bridgehead atoms. The van der Waals surface area contributed by atoms with Crippen LogP contribution < -0.4 is 5.32 Å². The first-order chi connectivity index (χ1) is 17.0. The van der Waals surface area contributed by atoms with Crippen LogP contribution in [0.5, 0.6) is 11.5 Å². The molecule has 0 aromatic heterocycles. The van der Waals surface area contributed by atoms with Crippen LogP contribution in [0.4, 0.5) is 4.79 Å². The van der Waals surface area contributed by atoms with Crippen LogP contribution in [-0.4, -0.2) is 63.9 Å². The maximum atomic E-state index is 12.9. The fraction of sp³-hybridized carbons (Fsp3) is 0.370. The Balaban J connectivity index is 1.76. The van der Waals surface area contributed by atoms with Gasteiger partial charge < -0.3 is 29.9 Å². The lowest BCUT2D eigenvalue weighted by atomic mass is 10.1. The minimum Gasteiger partial charge on any atom is -0.508 e. The fourth-order valence-electron chi connectivity index (χ4n) is 3.71. The van der Waals surface area contributed by atoms with Crippen molar-refractivity contribution in [3.63, 3.8) is 0 Å². The van der Waals surface area contributed by atoms with E-state index in [1.807, 2.05) is 0 Å². The van der Waals surface area contributed by atoms with Crippen LogP contribution in [0, 0.1) is 0 Å². The highest BCUT2D eigenvalue weighted by Gasteiger charge is 2.34. The van der Waals surface area contributed by atoms with Gasteiger partial charge in [-0.2, -0.15) is 0 Å². The van der Waals surface area contributed by atoms with Crippen LogP contribution in [0.25, 0.3) is 6.08 Å². The molecule has 0 saturated carbocycles. The first-order valence-electron chi connectivity index (χ1n) is 11.8. The number of likely N-dealkylation sites (tertiary alicyclic amines) is 1. The van der Waals surface area contributed by atoms with Crippen molar-refractivity contribution in [1.82, 2.24) is 10.2 Å². The van der Waals surface area contributed by atoms with E-state index in [-0.39, 0.29) is 18.0 Å². The molecule has 0 aliphatic carbocycles. The average molecular weight is 497 g/mol. The summed E-state index contributed by atoms with van der Waals surface area (Å²) in [7, 11) is 0. The van der Waals surface area contributed by atoms with Crippen LogP contribution in [0.3, 0.4) is 0 Å². The first-order valence-corrected chi connectivity index (χ1v) is 11.8. The number of ether oxygens (including phenoxy) is 2. The van der Waals surface area contributed by atoms with Gasteiger partial charge in [-0.1, -0.05) is 12.1 Å². The summed E-state index contributed by atoms with van der Waals surface area (Å²) in [6.07, 6.45) is 2.63. The minimum absolute atomic E-state index is 0.0318. The SMILES string of the molecule is CC(C)(C)OC(=O)N1CCC[C@@H](OC(=O)C=Cc2ccc(O)cc2)[C@H](NC(=O)c2ccc(O)cc2)C1. The summed E-state index contributed by atoms with van der Waals surface area (Å²) in [5.74, 6) is -0.867. The lowest BCUT2D eigenvalue weighted by Crippen LogP contribution is -2.51. The second-order valence-corrected chi connectivity index (χ2v) is 9.60. The van der Waals surface area contributed by atoms with Gasteiger partial charge in [0.05, 0.1) is 6.04 Å². The quantitative estimate of drug-likeness (QED) is 0.424. The van der Waals surface area contributed by atoms with E-state index in [4.69, 9.17) is 9.47 Å². The topological polar surface area (TPSA) is 125 Å². The number of nitrogens with one attached hydrogen (secondary N) is 1. The van der Waals surface area contributed by atoms with E-state index >= 15 is 0 Å². The number of phenolic OH excluding ortho intramolecular Hbond substituents is 2. The minimum atomic E-state index is -0.688. The summed E-state index contributed by atoms with van der Waals surface area (Å²) in [4.78, 5) is 39.8. The second kappa shape index (κ2) is 11.6. The van der Waals surface area contributed by atoms with Gasteiger partial charge in [0.25, 0.3) is 5.91 Å². The molecule has 0 radical (unpaired) electrons. The Labute approximate surface area is 210 Å². The highest BCUT2D eigenvalue weighted by molar-refractivity contribution is 5.94. The Bertz CT molecular complexity index is 1090. The van der Waals surface area contributed by atoms with E-state index < -0.39 is 35.7 Å². The van der Waals surface area contributed by atoms with Gasteiger partial charge in [-0.05, 0) is 81.7 Å². The number of rotatable bonds is 5. The van der Waals surface area contributed by atoms with E-state index in [0.717, 1.165) is 0 Å². The van der Waals surface area contributed by atoms with Crippen LogP contribution in [0.1, 0.15) is 49.5 Å². The molecule has 1 heterocycles. The number of hydrogen-bond acceptors (Lipinski definition) is 7. The summed E-state index contributed by atoms with van der Waals surface area (Å²) >= 11 is 0. The first kappa shape index (κ1) is 26.6. The van der Waals surface area contributed by atoms with Crippen molar-refractivity contribution in [2.75, 3.05) is 13.1 Å². The third kappa shape index (κ3) is 8.04. The highest BCUT2D eigenvalue weighted by atomic mass is 16.6. The molecule has 192 valence electrons. The predicted octanol–water partition coefficient (Wildman–Crippen LogP) is 3.85. The van der Waals surface area contributed by atoms with Gasteiger partial charge >= 0.3 is 12.1 Å². The highest BCUT2D eigenvalue weighted by Crippen LogP contribution is 2.20. The molecule has 3 N–H and O–H groups in total. The summed E-state index contributed by atoms with van der Waals surface area (Å²) in [6.45, 7) is 5.81.